The summed E-state index contributed by atoms with van der Waals surface area (Å²) < 4.78 is 43.6. The number of nitrogens with zero attached hydrogens (tertiary/aromatic N) is 1. The first-order valence-corrected chi connectivity index (χ1v) is 5.20. The summed E-state index contributed by atoms with van der Waals surface area (Å²) in [6, 6.07) is 5.73. The zero-order valence-corrected chi connectivity index (χ0v) is 12.8. The van der Waals surface area contributed by atoms with Crippen LogP contribution in [-0.4, -0.2) is 33.3 Å². The Balaban J connectivity index is 0.00000144. The first kappa shape index (κ1) is 15.5. The summed E-state index contributed by atoms with van der Waals surface area (Å²) in [6.45, 7) is -2.94. The molecule has 0 bridgehead atoms. The Morgan fingerprint density at radius 2 is 1.65 bits per heavy atom. The molecule has 0 unspecified atom stereocenters. The van der Waals surface area contributed by atoms with E-state index in [4.69, 9.17) is 4.74 Å². The fraction of sp³-hybridized carbons (Fsp3) is 0.400. The van der Waals surface area contributed by atoms with Crippen LogP contribution in [-0.2, 0) is 4.74 Å². The Kier molecular flexibility index (Phi) is 6.01. The summed E-state index contributed by atoms with van der Waals surface area (Å²) in [5, 5.41) is 0. The Morgan fingerprint density at radius 3 is 2.24 bits per heavy atom. The van der Waals surface area contributed by atoms with E-state index in [2.05, 4.69) is 0 Å². The van der Waals surface area contributed by atoms with Crippen molar-refractivity contribution in [1.29, 1.82) is 0 Å². The van der Waals surface area contributed by atoms with Gasteiger partial charge in [-0.25, -0.2) is 0 Å². The maximum atomic E-state index is 12.8. The van der Waals surface area contributed by atoms with Crippen LogP contribution in [0.1, 0.15) is 0 Å². The molecule has 0 aliphatic carbocycles. The molecule has 0 spiro atoms. The van der Waals surface area contributed by atoms with Gasteiger partial charge in [0, 0.05) is 18.8 Å². The van der Waals surface area contributed by atoms with Crippen molar-refractivity contribution < 1.29 is 69.1 Å². The largest absolute Gasteiger partial charge is 1.00 e. The molecule has 0 aromatic heterocycles. The van der Waals surface area contributed by atoms with Crippen molar-refractivity contribution in [2.24, 2.45) is 0 Å². The molecule has 88 valence electrons. The van der Waals surface area contributed by atoms with Gasteiger partial charge in [-0.1, -0.05) is 23.7 Å². The summed E-state index contributed by atoms with van der Waals surface area (Å²) in [5.41, 5.74) is -0.234. The van der Waals surface area contributed by atoms with Gasteiger partial charge in [-0.2, -0.15) is 0 Å². The molecule has 0 amide bonds. The molecule has 0 saturated carbocycles. The van der Waals surface area contributed by atoms with Crippen LogP contribution >= 0.6 is 0 Å². The van der Waals surface area contributed by atoms with Crippen molar-refractivity contribution in [3.8, 4) is 0 Å². The predicted octanol–water partition coefficient (Wildman–Crippen LogP) is -1.42. The number of benzene rings is 1. The van der Waals surface area contributed by atoms with Gasteiger partial charge in [0.1, 0.15) is 0 Å². The Hall–Kier alpha value is 0.471. The van der Waals surface area contributed by atoms with E-state index in [0.717, 1.165) is 6.07 Å². The van der Waals surface area contributed by atoms with Crippen LogP contribution in [0.2, 0.25) is 0 Å². The molecular formula is C10H12BF3KNO. The Morgan fingerprint density at radius 1 is 1.06 bits per heavy atom. The van der Waals surface area contributed by atoms with E-state index in [1.807, 2.05) is 0 Å². The summed E-state index contributed by atoms with van der Waals surface area (Å²) in [5.74, 6) is 0. The summed E-state index contributed by atoms with van der Waals surface area (Å²) in [6.07, 6.45) is 0. The van der Waals surface area contributed by atoms with Crippen molar-refractivity contribution in [3.05, 3.63) is 24.3 Å². The first-order valence-electron chi connectivity index (χ1n) is 5.20. The van der Waals surface area contributed by atoms with Crippen LogP contribution in [0.25, 0.3) is 0 Å². The number of rotatable bonds is 2. The smallest absolute Gasteiger partial charge is 0.445 e. The number of hydrogen-bond donors (Lipinski definition) is 0. The molecule has 0 radical (unpaired) electrons. The number of hydrogen-bond acceptors (Lipinski definition) is 2. The molecule has 1 aliphatic rings. The van der Waals surface area contributed by atoms with Crippen LogP contribution in [0.4, 0.5) is 18.6 Å². The van der Waals surface area contributed by atoms with Gasteiger partial charge in [0.2, 0.25) is 0 Å². The third kappa shape index (κ3) is 3.97. The predicted molar refractivity (Wildman–Crippen MR) is 58.2 cm³/mol. The van der Waals surface area contributed by atoms with E-state index < -0.39 is 12.4 Å². The molecule has 0 N–H and O–H groups in total. The molecule has 2 nitrogen and oxygen atoms in total. The molecule has 1 heterocycles. The van der Waals surface area contributed by atoms with E-state index in [9.17, 15) is 12.9 Å². The molecule has 1 aromatic carbocycles. The van der Waals surface area contributed by atoms with Gasteiger partial charge in [0.15, 0.2) is 0 Å². The van der Waals surface area contributed by atoms with Crippen LogP contribution in [0.3, 0.4) is 0 Å². The zero-order chi connectivity index (χ0) is 11.6. The standard InChI is InChI=1S/C10H12BF3NO.K/c12-11(13,14)9-3-1-2-4-10(9)15-5-7-16-8-6-15;/h1-4H,5-8H2;/q-1;+1. The van der Waals surface area contributed by atoms with Crippen LogP contribution in [0.15, 0.2) is 24.3 Å². The average molecular weight is 269 g/mol. The summed E-state index contributed by atoms with van der Waals surface area (Å²) >= 11 is 0. The van der Waals surface area contributed by atoms with Crippen molar-refractivity contribution in [3.63, 3.8) is 0 Å². The summed E-state index contributed by atoms with van der Waals surface area (Å²) in [7, 11) is 0. The van der Waals surface area contributed by atoms with Gasteiger partial charge >= 0.3 is 58.4 Å². The zero-order valence-electron chi connectivity index (χ0n) is 9.70. The van der Waals surface area contributed by atoms with Crippen LogP contribution in [0, 0.1) is 0 Å². The molecule has 1 fully saturated rings. The van der Waals surface area contributed by atoms with Gasteiger partial charge in [0.05, 0.1) is 13.2 Å². The van der Waals surface area contributed by atoms with Gasteiger partial charge in [-0.15, -0.1) is 0 Å². The van der Waals surface area contributed by atoms with Gasteiger partial charge < -0.3 is 22.6 Å². The van der Waals surface area contributed by atoms with Gasteiger partial charge in [0.25, 0.3) is 0 Å². The number of morpholine rings is 1. The van der Waals surface area contributed by atoms with E-state index in [1.165, 1.54) is 12.1 Å². The molecule has 1 saturated heterocycles. The molecule has 17 heavy (non-hydrogen) atoms. The number of halogens is 3. The summed E-state index contributed by atoms with van der Waals surface area (Å²) in [4.78, 5) is 1.73. The monoisotopic (exact) mass is 269 g/mol. The Bertz CT molecular complexity index is 369. The molecule has 2 rings (SSSR count). The van der Waals surface area contributed by atoms with Gasteiger partial charge in [-0.05, 0) is 6.07 Å². The van der Waals surface area contributed by atoms with Crippen LogP contribution < -0.4 is 61.7 Å². The minimum atomic E-state index is -4.95. The van der Waals surface area contributed by atoms with Crippen molar-refractivity contribution in [1.82, 2.24) is 0 Å². The van der Waals surface area contributed by atoms with Crippen LogP contribution in [0.5, 0.6) is 0 Å². The van der Waals surface area contributed by atoms with E-state index in [0.29, 0.717) is 26.3 Å². The fourth-order valence-corrected chi connectivity index (χ4v) is 1.86. The third-order valence-electron chi connectivity index (χ3n) is 2.64. The van der Waals surface area contributed by atoms with Crippen molar-refractivity contribution in [2.75, 3.05) is 31.2 Å². The second-order valence-electron chi connectivity index (χ2n) is 3.73. The molecular weight excluding hydrogens is 257 g/mol. The topological polar surface area (TPSA) is 12.5 Å². The minimum Gasteiger partial charge on any atom is -0.445 e. The van der Waals surface area contributed by atoms with Crippen molar-refractivity contribution >= 4 is 18.1 Å². The molecule has 1 aromatic rings. The van der Waals surface area contributed by atoms with Gasteiger partial charge in [-0.3, -0.25) is 0 Å². The molecule has 7 heteroatoms. The third-order valence-corrected chi connectivity index (χ3v) is 2.64. The quantitative estimate of drug-likeness (QED) is 0.611. The molecule has 0 atom stereocenters. The number of para-hydroxylation sites is 1. The van der Waals surface area contributed by atoms with E-state index in [1.54, 1.807) is 11.0 Å². The Labute approximate surface area is 141 Å². The maximum Gasteiger partial charge on any atom is 1.00 e. The normalized spacial score (nSPS) is 16.5. The average Bonchev–Trinajstić information content (AvgIpc) is 2.29. The second kappa shape index (κ2) is 6.58. The van der Waals surface area contributed by atoms with E-state index >= 15 is 0 Å². The number of anilines is 1. The first-order chi connectivity index (χ1) is 7.59. The SMILES string of the molecule is F[B-](F)(F)c1ccccc1N1CCOCC1.[K+]. The molecule has 1 aliphatic heterocycles. The number of ether oxygens (including phenoxy) is 1. The minimum absolute atomic E-state index is 0. The second-order valence-corrected chi connectivity index (χ2v) is 3.73. The fourth-order valence-electron chi connectivity index (χ4n) is 1.86. The van der Waals surface area contributed by atoms with Crippen molar-refractivity contribution in [2.45, 2.75) is 0 Å². The maximum absolute atomic E-state index is 12.8. The van der Waals surface area contributed by atoms with E-state index in [-0.39, 0.29) is 57.1 Å².